The van der Waals surface area contributed by atoms with Gasteiger partial charge >= 0.3 is 0 Å². The number of aromatic amines is 1. The van der Waals surface area contributed by atoms with Crippen molar-refractivity contribution in [3.05, 3.63) is 46.2 Å². The molecular formula is C26H29F2N5O6+2. The number of phenols is 2. The lowest BCUT2D eigenvalue weighted by Gasteiger charge is -2.37. The van der Waals surface area contributed by atoms with Gasteiger partial charge in [-0.1, -0.05) is 0 Å². The molecule has 3 aliphatic rings. The van der Waals surface area contributed by atoms with Gasteiger partial charge in [0.25, 0.3) is 0 Å². The Labute approximate surface area is 221 Å². The molecule has 1 aromatic heterocycles. The summed E-state index contributed by atoms with van der Waals surface area (Å²) in [4.78, 5) is 30.8. The minimum absolute atomic E-state index is 0.138. The summed E-state index contributed by atoms with van der Waals surface area (Å²) in [6, 6.07) is 1.68. The van der Waals surface area contributed by atoms with Crippen molar-refractivity contribution in [2.45, 2.75) is 12.8 Å². The van der Waals surface area contributed by atoms with Crippen molar-refractivity contribution in [3.63, 3.8) is 0 Å². The number of fused-ring (bicyclic) bond motifs is 3. The molecule has 13 heteroatoms. The van der Waals surface area contributed by atoms with Gasteiger partial charge in [-0.05, 0) is 6.07 Å². The highest BCUT2D eigenvalue weighted by molar-refractivity contribution is 6.36. The number of H-pyrrole nitrogens is 1. The molecular weight excluding hydrogens is 516 g/mol. The lowest BCUT2D eigenvalue weighted by Crippen LogP contribution is -2.57. The number of halogens is 2. The SMILES string of the molecule is O=C1c2c(O)c(F)c(F)c(O)c2C(=O)c2c1c(NCC[N+]1(O)CCC1)c1cc[nH]c1c2NCC[N+]1(O)CCC1. The Hall–Kier alpha value is -3.78. The van der Waals surface area contributed by atoms with Crippen LogP contribution in [0.15, 0.2) is 12.3 Å². The number of nitrogens with one attached hydrogen (secondary N) is 3. The van der Waals surface area contributed by atoms with Crippen molar-refractivity contribution in [3.8, 4) is 11.5 Å². The summed E-state index contributed by atoms with van der Waals surface area (Å²) in [5.74, 6) is -8.32. The normalized spacial score (nSPS) is 18.8. The first-order chi connectivity index (χ1) is 18.6. The second-order valence-electron chi connectivity index (χ2n) is 10.6. The molecule has 0 bridgehead atoms. The third-order valence-electron chi connectivity index (χ3n) is 8.21. The molecule has 11 nitrogen and oxygen atoms in total. The molecule has 0 unspecified atom stereocenters. The number of nitrogens with zero attached hydrogens (tertiary/aromatic N) is 2. The van der Waals surface area contributed by atoms with Crippen molar-refractivity contribution in [2.24, 2.45) is 0 Å². The smallest absolute Gasteiger partial charge is 0.205 e. The lowest BCUT2D eigenvalue weighted by molar-refractivity contribution is -1.13. The van der Waals surface area contributed by atoms with Crippen LogP contribution in [0.2, 0.25) is 0 Å². The average molecular weight is 546 g/mol. The molecule has 0 radical (unpaired) electrons. The number of hydroxylamine groups is 6. The average Bonchev–Trinajstić information content (AvgIpc) is 3.36. The van der Waals surface area contributed by atoms with E-state index in [1.54, 1.807) is 12.3 Å². The number of benzene rings is 2. The predicted molar refractivity (Wildman–Crippen MR) is 134 cm³/mol. The van der Waals surface area contributed by atoms with E-state index in [0.717, 1.165) is 12.8 Å². The van der Waals surface area contributed by atoms with Crippen LogP contribution in [0.3, 0.4) is 0 Å². The summed E-state index contributed by atoms with van der Waals surface area (Å²) in [5.41, 5.74) is -1.14. The van der Waals surface area contributed by atoms with Crippen molar-refractivity contribution in [1.29, 1.82) is 0 Å². The van der Waals surface area contributed by atoms with E-state index in [2.05, 4.69) is 15.6 Å². The Morgan fingerprint density at radius 2 is 1.23 bits per heavy atom. The molecule has 0 atom stereocenters. The standard InChI is InChI=1S/C26H27F2N5O6/c27-18-19(28)26(37)17-16(25(18)36)23(34)14-15(24(17)35)22(31-6-12-33(39)9-2-10-33)21-13(3-4-29-21)20(14)30-5-11-32(38)7-1-8-32/h3-4,38-39H,1-2,5-12H2,(H3-2,29,30,31,34,35,36,37)/p+2. The van der Waals surface area contributed by atoms with E-state index in [1.165, 1.54) is 0 Å². The molecule has 2 aliphatic heterocycles. The van der Waals surface area contributed by atoms with Gasteiger partial charge in [-0.2, -0.15) is 18.1 Å². The number of quaternary nitrogens is 2. The topological polar surface area (TPSA) is 155 Å². The van der Waals surface area contributed by atoms with Crippen molar-refractivity contribution in [1.82, 2.24) is 4.98 Å². The number of ketones is 2. The summed E-state index contributed by atoms with van der Waals surface area (Å²) in [7, 11) is 0. The molecule has 0 spiro atoms. The monoisotopic (exact) mass is 545 g/mol. The second kappa shape index (κ2) is 8.88. The molecule has 206 valence electrons. The molecule has 3 heterocycles. The highest BCUT2D eigenvalue weighted by Crippen LogP contribution is 2.47. The van der Waals surface area contributed by atoms with Gasteiger partial charge in [-0.3, -0.25) is 9.59 Å². The van der Waals surface area contributed by atoms with Crippen LogP contribution in [0.5, 0.6) is 11.5 Å². The Kier molecular flexibility index (Phi) is 5.80. The number of carbonyl (C=O) groups excluding carboxylic acids is 2. The Morgan fingerprint density at radius 1 is 0.769 bits per heavy atom. The summed E-state index contributed by atoms with van der Waals surface area (Å²) in [6.07, 6.45) is 3.38. The van der Waals surface area contributed by atoms with Crippen LogP contribution >= 0.6 is 0 Å². The van der Waals surface area contributed by atoms with Crippen molar-refractivity contribution in [2.75, 3.05) is 63.0 Å². The van der Waals surface area contributed by atoms with Crippen LogP contribution in [0, 0.1) is 11.6 Å². The summed E-state index contributed by atoms with van der Waals surface area (Å²) in [5, 5.41) is 48.5. The van der Waals surface area contributed by atoms with Crippen LogP contribution in [-0.4, -0.2) is 98.8 Å². The number of hydrogen-bond acceptors (Lipinski definition) is 8. The molecule has 2 saturated heterocycles. The zero-order valence-corrected chi connectivity index (χ0v) is 21.0. The van der Waals surface area contributed by atoms with Gasteiger partial charge in [0, 0.05) is 11.6 Å². The first-order valence-electron chi connectivity index (χ1n) is 12.9. The van der Waals surface area contributed by atoms with E-state index in [-0.39, 0.29) is 44.9 Å². The molecule has 2 fully saturated rings. The molecule has 2 aromatic carbocycles. The minimum Gasteiger partial charge on any atom is -0.504 e. The molecule has 7 N–H and O–H groups in total. The van der Waals surface area contributed by atoms with E-state index in [9.17, 15) is 39.0 Å². The van der Waals surface area contributed by atoms with E-state index >= 15 is 0 Å². The number of aromatic hydroxyl groups is 2. The van der Waals surface area contributed by atoms with Crippen molar-refractivity contribution < 1.29 is 48.3 Å². The van der Waals surface area contributed by atoms with Crippen LogP contribution in [0.4, 0.5) is 20.2 Å². The molecule has 1 aliphatic carbocycles. The maximum atomic E-state index is 14.4. The van der Waals surface area contributed by atoms with Crippen LogP contribution in [-0.2, 0) is 0 Å². The molecule has 0 saturated carbocycles. The maximum Gasteiger partial charge on any atom is 0.205 e. The Balaban J connectivity index is 1.50. The number of carbonyl (C=O) groups is 2. The van der Waals surface area contributed by atoms with Gasteiger partial charge in [0.05, 0.1) is 65.1 Å². The van der Waals surface area contributed by atoms with E-state index in [0.29, 0.717) is 50.2 Å². The van der Waals surface area contributed by atoms with E-state index < -0.39 is 45.8 Å². The molecule has 6 rings (SSSR count). The third-order valence-corrected chi connectivity index (χ3v) is 8.21. The van der Waals surface area contributed by atoms with E-state index in [4.69, 9.17) is 0 Å². The molecule has 3 aromatic rings. The molecule has 0 amide bonds. The number of likely N-dealkylation sites (tertiary alicyclic amines) is 2. The van der Waals surface area contributed by atoms with Gasteiger partial charge in [-0.15, -0.1) is 0 Å². The number of hydrogen-bond donors (Lipinski definition) is 7. The van der Waals surface area contributed by atoms with E-state index in [1.807, 2.05) is 0 Å². The largest absolute Gasteiger partial charge is 0.504 e. The van der Waals surface area contributed by atoms with Gasteiger partial charge in [0.1, 0.15) is 39.3 Å². The number of anilines is 2. The Bertz CT molecular complexity index is 1440. The zero-order chi connectivity index (χ0) is 27.7. The maximum absolute atomic E-state index is 14.4. The Morgan fingerprint density at radius 3 is 1.69 bits per heavy atom. The lowest BCUT2D eigenvalue weighted by atomic mass is 9.80. The van der Waals surface area contributed by atoms with Gasteiger partial charge in [-0.25, -0.2) is 10.4 Å². The summed E-state index contributed by atoms with van der Waals surface area (Å²) in [6.45, 7) is 3.45. The third kappa shape index (κ3) is 3.84. The predicted octanol–water partition coefficient (Wildman–Crippen LogP) is 2.68. The first kappa shape index (κ1) is 25.5. The van der Waals surface area contributed by atoms with Crippen molar-refractivity contribution >= 4 is 33.8 Å². The second-order valence-corrected chi connectivity index (χ2v) is 10.6. The van der Waals surface area contributed by atoms with Crippen LogP contribution in [0.1, 0.15) is 44.7 Å². The first-order valence-corrected chi connectivity index (χ1v) is 12.9. The zero-order valence-electron chi connectivity index (χ0n) is 21.0. The number of phenolic OH excluding ortho intramolecular Hbond substituents is 2. The quantitative estimate of drug-likeness (QED) is 0.101. The van der Waals surface area contributed by atoms with Gasteiger partial charge in [0.2, 0.25) is 23.2 Å². The summed E-state index contributed by atoms with van der Waals surface area (Å²) >= 11 is 0. The summed E-state index contributed by atoms with van der Waals surface area (Å²) < 4.78 is 28.5. The number of rotatable bonds is 8. The van der Waals surface area contributed by atoms with Crippen LogP contribution < -0.4 is 10.6 Å². The van der Waals surface area contributed by atoms with Gasteiger partial charge in [0.15, 0.2) is 11.5 Å². The highest BCUT2D eigenvalue weighted by Gasteiger charge is 2.43. The highest BCUT2D eigenvalue weighted by atomic mass is 19.2. The minimum atomic E-state index is -1.83. The fourth-order valence-corrected chi connectivity index (χ4v) is 5.74. The van der Waals surface area contributed by atoms with Crippen LogP contribution in [0.25, 0.3) is 10.9 Å². The molecule has 39 heavy (non-hydrogen) atoms. The fraction of sp³-hybridized carbons (Fsp3) is 0.385. The fourth-order valence-electron chi connectivity index (χ4n) is 5.74. The number of aromatic nitrogens is 1. The van der Waals surface area contributed by atoms with Gasteiger partial charge < -0.3 is 25.8 Å².